The summed E-state index contributed by atoms with van der Waals surface area (Å²) < 4.78 is 10.5. The minimum absolute atomic E-state index is 0.137. The molecule has 1 aromatic rings. The lowest BCUT2D eigenvalue weighted by Gasteiger charge is -2.51. The Balaban J connectivity index is 1.53. The summed E-state index contributed by atoms with van der Waals surface area (Å²) in [5.74, 6) is 1.20. The molecular weight excluding hydrogens is 316 g/mol. The number of piperidine rings is 3. The van der Waals surface area contributed by atoms with Crippen LogP contribution in [-0.4, -0.2) is 74.4 Å². The van der Waals surface area contributed by atoms with E-state index in [0.29, 0.717) is 37.1 Å². The highest BCUT2D eigenvalue weighted by molar-refractivity contribution is 5.78. The van der Waals surface area contributed by atoms with Crippen LogP contribution in [0.5, 0.6) is 0 Å². The standard InChI is InChI=1S/C20H28N2O3/c1-24-11-12-25-14-18(23)22-13-17(15-5-3-2-4-6-15)20-19(22)16-7-9-21(20)10-8-16/h2-6,16-17,19-20H,7-14H2,1H3/t17-,19-,20-/m1/s1. The van der Waals surface area contributed by atoms with E-state index in [2.05, 4.69) is 40.1 Å². The topological polar surface area (TPSA) is 42.0 Å². The van der Waals surface area contributed by atoms with Crippen molar-refractivity contribution in [2.75, 3.05) is 46.6 Å². The predicted octanol–water partition coefficient (Wildman–Crippen LogP) is 1.74. The van der Waals surface area contributed by atoms with Crippen LogP contribution in [0.3, 0.4) is 0 Å². The molecule has 3 atom stereocenters. The zero-order valence-corrected chi connectivity index (χ0v) is 15.0. The zero-order valence-electron chi connectivity index (χ0n) is 15.0. The Morgan fingerprint density at radius 3 is 2.60 bits per heavy atom. The number of amides is 1. The first kappa shape index (κ1) is 17.0. The smallest absolute Gasteiger partial charge is 0.248 e. The molecule has 1 aromatic carbocycles. The number of hydrogen-bond acceptors (Lipinski definition) is 4. The molecule has 25 heavy (non-hydrogen) atoms. The molecule has 4 heterocycles. The summed E-state index contributed by atoms with van der Waals surface area (Å²) in [6.45, 7) is 4.35. The van der Waals surface area contributed by atoms with Gasteiger partial charge in [0.05, 0.1) is 19.3 Å². The van der Waals surface area contributed by atoms with Gasteiger partial charge in [0.1, 0.15) is 6.61 Å². The number of fused-ring (bicyclic) bond motifs is 2. The number of rotatable bonds is 6. The fourth-order valence-electron chi connectivity index (χ4n) is 5.08. The summed E-state index contributed by atoms with van der Waals surface area (Å²) in [6.07, 6.45) is 2.44. The minimum Gasteiger partial charge on any atom is -0.382 e. The van der Waals surface area contributed by atoms with E-state index in [1.165, 1.54) is 31.5 Å². The van der Waals surface area contributed by atoms with Crippen molar-refractivity contribution in [3.63, 3.8) is 0 Å². The van der Waals surface area contributed by atoms with Crippen LogP contribution in [0, 0.1) is 5.92 Å². The quantitative estimate of drug-likeness (QED) is 0.737. The fourth-order valence-corrected chi connectivity index (χ4v) is 5.08. The molecule has 0 aliphatic carbocycles. The van der Waals surface area contributed by atoms with Gasteiger partial charge in [-0.15, -0.1) is 0 Å². The van der Waals surface area contributed by atoms with Gasteiger partial charge in [0.25, 0.3) is 0 Å². The summed E-state index contributed by atoms with van der Waals surface area (Å²) in [7, 11) is 1.65. The van der Waals surface area contributed by atoms with Crippen molar-refractivity contribution in [1.82, 2.24) is 9.80 Å². The van der Waals surface area contributed by atoms with E-state index < -0.39 is 0 Å². The largest absolute Gasteiger partial charge is 0.382 e. The molecule has 0 aromatic heterocycles. The van der Waals surface area contributed by atoms with Gasteiger partial charge in [-0.2, -0.15) is 0 Å². The number of carbonyl (C=O) groups excluding carboxylic acids is 1. The van der Waals surface area contributed by atoms with Gasteiger partial charge in [0.2, 0.25) is 5.91 Å². The van der Waals surface area contributed by atoms with E-state index in [9.17, 15) is 4.79 Å². The predicted molar refractivity (Wildman–Crippen MR) is 95.5 cm³/mol. The average Bonchev–Trinajstić information content (AvgIpc) is 3.10. The highest BCUT2D eigenvalue weighted by Gasteiger charge is 2.54. The van der Waals surface area contributed by atoms with Gasteiger partial charge in [-0.1, -0.05) is 30.3 Å². The molecule has 0 spiro atoms. The van der Waals surface area contributed by atoms with Crippen molar-refractivity contribution >= 4 is 5.91 Å². The molecule has 0 radical (unpaired) electrons. The van der Waals surface area contributed by atoms with E-state index in [4.69, 9.17) is 9.47 Å². The molecule has 4 saturated heterocycles. The van der Waals surface area contributed by atoms with Crippen molar-refractivity contribution in [2.24, 2.45) is 5.92 Å². The van der Waals surface area contributed by atoms with Crippen LogP contribution in [0.1, 0.15) is 24.3 Å². The van der Waals surface area contributed by atoms with Crippen molar-refractivity contribution in [2.45, 2.75) is 30.8 Å². The lowest BCUT2D eigenvalue weighted by atomic mass is 9.75. The third-order valence-corrected chi connectivity index (χ3v) is 6.20. The summed E-state index contributed by atoms with van der Waals surface area (Å²) in [6, 6.07) is 11.5. The Hall–Kier alpha value is -1.43. The maximum absolute atomic E-state index is 12.9. The molecule has 4 aliphatic rings. The highest BCUT2D eigenvalue weighted by Crippen LogP contribution is 2.46. The third kappa shape index (κ3) is 3.21. The molecular formula is C20H28N2O3. The molecule has 5 nitrogen and oxygen atoms in total. The SMILES string of the molecule is COCCOCC(=O)N1C[C@H](c2ccccc2)[C@@H]2[C@H]1C1CCN2CC1. The Morgan fingerprint density at radius 1 is 1.12 bits per heavy atom. The van der Waals surface area contributed by atoms with Gasteiger partial charge in [-0.25, -0.2) is 0 Å². The van der Waals surface area contributed by atoms with Crippen molar-refractivity contribution < 1.29 is 14.3 Å². The van der Waals surface area contributed by atoms with E-state index in [1.54, 1.807) is 7.11 Å². The van der Waals surface area contributed by atoms with Gasteiger partial charge in [0, 0.05) is 25.6 Å². The second-order valence-electron chi connectivity index (χ2n) is 7.46. The summed E-state index contributed by atoms with van der Waals surface area (Å²) in [5.41, 5.74) is 1.36. The van der Waals surface area contributed by atoms with E-state index >= 15 is 0 Å². The number of hydrogen-bond donors (Lipinski definition) is 0. The fraction of sp³-hybridized carbons (Fsp3) is 0.650. The molecule has 1 amide bonds. The molecule has 4 aliphatic heterocycles. The molecule has 4 fully saturated rings. The number of nitrogens with zero attached hydrogens (tertiary/aromatic N) is 2. The Morgan fingerprint density at radius 2 is 1.88 bits per heavy atom. The van der Waals surface area contributed by atoms with Crippen LogP contribution in [0.4, 0.5) is 0 Å². The molecule has 5 heteroatoms. The first-order valence-electron chi connectivity index (χ1n) is 9.44. The van der Waals surface area contributed by atoms with Gasteiger partial charge in [0.15, 0.2) is 0 Å². The van der Waals surface area contributed by atoms with Gasteiger partial charge in [-0.3, -0.25) is 9.69 Å². The van der Waals surface area contributed by atoms with Crippen molar-refractivity contribution in [3.05, 3.63) is 35.9 Å². The monoisotopic (exact) mass is 344 g/mol. The number of likely N-dealkylation sites (tertiary alicyclic amines) is 1. The number of methoxy groups -OCH3 is 1. The highest BCUT2D eigenvalue weighted by atomic mass is 16.5. The van der Waals surface area contributed by atoms with Crippen molar-refractivity contribution in [3.8, 4) is 0 Å². The Kier molecular flexibility index (Phi) is 5.06. The Bertz CT molecular complexity index is 586. The molecule has 0 N–H and O–H groups in total. The maximum Gasteiger partial charge on any atom is 0.248 e. The number of carbonyl (C=O) groups is 1. The van der Waals surface area contributed by atoms with Crippen LogP contribution in [0.2, 0.25) is 0 Å². The summed E-state index contributed by atoms with van der Waals surface area (Å²) in [4.78, 5) is 17.6. The molecule has 0 unspecified atom stereocenters. The number of benzene rings is 1. The third-order valence-electron chi connectivity index (χ3n) is 6.20. The van der Waals surface area contributed by atoms with E-state index in [1.807, 2.05) is 0 Å². The first-order valence-corrected chi connectivity index (χ1v) is 9.44. The van der Waals surface area contributed by atoms with E-state index in [0.717, 1.165) is 6.54 Å². The molecule has 0 saturated carbocycles. The van der Waals surface area contributed by atoms with Crippen molar-refractivity contribution in [1.29, 1.82) is 0 Å². The first-order chi connectivity index (χ1) is 12.3. The van der Waals surface area contributed by atoms with Gasteiger partial charge >= 0.3 is 0 Å². The van der Waals surface area contributed by atoms with Crippen LogP contribution >= 0.6 is 0 Å². The molecule has 2 bridgehead atoms. The van der Waals surface area contributed by atoms with Crippen LogP contribution in [0.15, 0.2) is 30.3 Å². The van der Waals surface area contributed by atoms with Crippen LogP contribution in [0.25, 0.3) is 0 Å². The minimum atomic E-state index is 0.137. The molecule has 136 valence electrons. The normalized spacial score (nSPS) is 33.5. The lowest BCUT2D eigenvalue weighted by Crippen LogP contribution is -2.61. The van der Waals surface area contributed by atoms with Crippen LogP contribution < -0.4 is 0 Å². The summed E-state index contributed by atoms with van der Waals surface area (Å²) >= 11 is 0. The van der Waals surface area contributed by atoms with E-state index in [-0.39, 0.29) is 12.5 Å². The second kappa shape index (κ2) is 7.44. The maximum atomic E-state index is 12.9. The second-order valence-corrected chi connectivity index (χ2v) is 7.46. The van der Waals surface area contributed by atoms with Gasteiger partial charge < -0.3 is 14.4 Å². The molecule has 5 rings (SSSR count). The van der Waals surface area contributed by atoms with Gasteiger partial charge in [-0.05, 0) is 37.4 Å². The van der Waals surface area contributed by atoms with Crippen LogP contribution in [-0.2, 0) is 14.3 Å². The summed E-state index contributed by atoms with van der Waals surface area (Å²) in [5, 5.41) is 0. The zero-order chi connectivity index (χ0) is 17.2. The Labute approximate surface area is 149 Å². The number of ether oxygens (including phenoxy) is 2. The average molecular weight is 344 g/mol. The lowest BCUT2D eigenvalue weighted by molar-refractivity contribution is -0.141.